The molecule has 1 nitrogen and oxygen atoms in total. The highest BCUT2D eigenvalue weighted by atomic mass is 79.9. The van der Waals surface area contributed by atoms with Crippen LogP contribution in [0.2, 0.25) is 0 Å². The number of hydrogen-bond donors (Lipinski definition) is 0. The first kappa shape index (κ1) is 9.82. The molecule has 1 rings (SSSR count). The quantitative estimate of drug-likeness (QED) is 0.673. The first-order valence-electron chi connectivity index (χ1n) is 3.96. The lowest BCUT2D eigenvalue weighted by Crippen LogP contribution is -2.33. The fourth-order valence-electron chi connectivity index (χ4n) is 0.716. The molecule has 11 heavy (non-hydrogen) atoms. The van der Waals surface area contributed by atoms with Crippen molar-refractivity contribution in [1.29, 1.82) is 0 Å². The summed E-state index contributed by atoms with van der Waals surface area (Å²) in [6.07, 6.45) is 2.67. The number of hydrogen-bond acceptors (Lipinski definition) is 1. The molecule has 1 saturated carbocycles. The van der Waals surface area contributed by atoms with E-state index >= 15 is 0 Å². The van der Waals surface area contributed by atoms with Gasteiger partial charge in [0, 0.05) is 5.33 Å². The Balaban J connectivity index is 2.18. The van der Waals surface area contributed by atoms with Crippen LogP contribution in [0.4, 0.5) is 0 Å². The fraction of sp³-hybridized carbons (Fsp3) is 1.00. The van der Waals surface area contributed by atoms with Crippen molar-refractivity contribution in [2.75, 3.05) is 17.8 Å². The second-order valence-electron chi connectivity index (χ2n) is 3.47. The molecule has 1 unspecified atom stereocenters. The van der Waals surface area contributed by atoms with Gasteiger partial charge in [-0.3, -0.25) is 0 Å². The van der Waals surface area contributed by atoms with E-state index in [9.17, 15) is 0 Å². The van der Waals surface area contributed by atoms with Crippen LogP contribution in [0, 0.1) is 5.92 Å². The lowest BCUT2D eigenvalue weighted by atomic mass is 10.2. The summed E-state index contributed by atoms with van der Waals surface area (Å²) >= 11 is 9.15. The van der Waals surface area contributed by atoms with Crippen LogP contribution in [0.15, 0.2) is 0 Å². The van der Waals surface area contributed by atoms with Crippen molar-refractivity contribution in [3.63, 3.8) is 0 Å². The molecule has 0 N–H and O–H groups in total. The molecule has 0 aromatic carbocycles. The maximum absolute atomic E-state index is 5.76. The minimum absolute atomic E-state index is 0.163. The predicted octanol–water partition coefficient (Wildman–Crippen LogP) is 2.81. The van der Waals surface area contributed by atoms with Crippen LogP contribution >= 0.6 is 27.5 Å². The van der Waals surface area contributed by atoms with Crippen LogP contribution in [-0.4, -0.2) is 23.4 Å². The molecule has 1 aliphatic carbocycles. The molecule has 0 spiro atoms. The van der Waals surface area contributed by atoms with E-state index in [2.05, 4.69) is 15.9 Å². The molecular formula is C8H14BrClO. The topological polar surface area (TPSA) is 9.23 Å². The molecule has 0 aromatic rings. The van der Waals surface area contributed by atoms with Crippen LogP contribution in [0.5, 0.6) is 0 Å². The summed E-state index contributed by atoms with van der Waals surface area (Å²) < 4.78 is 5.67. The summed E-state index contributed by atoms with van der Waals surface area (Å²) in [4.78, 5) is 0. The largest absolute Gasteiger partial charge is 0.373 e. The predicted molar refractivity (Wildman–Crippen MR) is 51.6 cm³/mol. The number of ether oxygens (including phenoxy) is 1. The second kappa shape index (κ2) is 4.11. The van der Waals surface area contributed by atoms with Gasteiger partial charge in [0.1, 0.15) is 0 Å². The van der Waals surface area contributed by atoms with Gasteiger partial charge in [-0.05, 0) is 25.7 Å². The van der Waals surface area contributed by atoms with E-state index in [0.717, 1.165) is 17.9 Å². The van der Waals surface area contributed by atoms with Crippen molar-refractivity contribution < 1.29 is 4.74 Å². The van der Waals surface area contributed by atoms with Crippen molar-refractivity contribution in [2.45, 2.75) is 25.4 Å². The third-order valence-corrected chi connectivity index (χ3v) is 3.68. The first-order valence-corrected chi connectivity index (χ1v) is 5.62. The molecular weight excluding hydrogens is 227 g/mol. The average Bonchev–Trinajstić information content (AvgIpc) is 2.83. The Bertz CT molecular complexity index is 121. The fourth-order valence-corrected chi connectivity index (χ4v) is 1.48. The smallest absolute Gasteiger partial charge is 0.0885 e. The van der Waals surface area contributed by atoms with E-state index in [1.165, 1.54) is 12.8 Å². The van der Waals surface area contributed by atoms with E-state index in [1.54, 1.807) is 0 Å². The number of halogens is 2. The van der Waals surface area contributed by atoms with Crippen molar-refractivity contribution >= 4 is 27.5 Å². The van der Waals surface area contributed by atoms with Crippen LogP contribution in [0.25, 0.3) is 0 Å². The van der Waals surface area contributed by atoms with Gasteiger partial charge in [0.2, 0.25) is 0 Å². The zero-order valence-corrected chi connectivity index (χ0v) is 9.12. The summed E-state index contributed by atoms with van der Waals surface area (Å²) in [6, 6.07) is 0. The summed E-state index contributed by atoms with van der Waals surface area (Å²) in [5, 5.41) is 0.816. The first-order chi connectivity index (χ1) is 5.20. The Labute approximate surface area is 81.6 Å². The van der Waals surface area contributed by atoms with Gasteiger partial charge in [0.15, 0.2) is 0 Å². The van der Waals surface area contributed by atoms with Crippen LogP contribution in [0.1, 0.15) is 19.8 Å². The van der Waals surface area contributed by atoms with Crippen molar-refractivity contribution in [3.8, 4) is 0 Å². The molecule has 1 aliphatic rings. The minimum atomic E-state index is -0.163. The summed E-state index contributed by atoms with van der Waals surface area (Å²) in [7, 11) is 0. The Morgan fingerprint density at radius 1 is 1.64 bits per heavy atom. The van der Waals surface area contributed by atoms with E-state index in [0.29, 0.717) is 5.88 Å². The zero-order chi connectivity index (χ0) is 8.32. The lowest BCUT2D eigenvalue weighted by molar-refractivity contribution is -0.00160. The standard InChI is InChI=1S/C8H14BrClO/c1-8(5-9,6-10)11-4-7-2-3-7/h7H,2-6H2,1H3. The minimum Gasteiger partial charge on any atom is -0.373 e. The normalized spacial score (nSPS) is 23.2. The van der Waals surface area contributed by atoms with Crippen molar-refractivity contribution in [1.82, 2.24) is 0 Å². The average molecular weight is 242 g/mol. The van der Waals surface area contributed by atoms with Gasteiger partial charge in [-0.15, -0.1) is 11.6 Å². The maximum atomic E-state index is 5.76. The van der Waals surface area contributed by atoms with Crippen molar-refractivity contribution in [2.24, 2.45) is 5.92 Å². The molecule has 0 amide bonds. The monoisotopic (exact) mass is 240 g/mol. The van der Waals surface area contributed by atoms with Gasteiger partial charge >= 0.3 is 0 Å². The Morgan fingerprint density at radius 3 is 2.64 bits per heavy atom. The molecule has 3 heteroatoms. The SMILES string of the molecule is CC(CCl)(CBr)OCC1CC1. The van der Waals surface area contributed by atoms with Crippen LogP contribution in [-0.2, 0) is 4.74 Å². The molecule has 0 bridgehead atoms. The van der Waals surface area contributed by atoms with Gasteiger partial charge in [-0.2, -0.15) is 0 Å². The molecule has 0 heterocycles. The third kappa shape index (κ3) is 3.30. The summed E-state index contributed by atoms with van der Waals surface area (Å²) in [5.41, 5.74) is -0.163. The van der Waals surface area contributed by atoms with Gasteiger partial charge < -0.3 is 4.74 Å². The lowest BCUT2D eigenvalue weighted by Gasteiger charge is -2.24. The molecule has 1 fully saturated rings. The van der Waals surface area contributed by atoms with Gasteiger partial charge in [0.05, 0.1) is 18.1 Å². The maximum Gasteiger partial charge on any atom is 0.0885 e. The van der Waals surface area contributed by atoms with Gasteiger partial charge in [-0.1, -0.05) is 15.9 Å². The molecule has 1 atom stereocenters. The van der Waals surface area contributed by atoms with Crippen LogP contribution in [0.3, 0.4) is 0 Å². The number of alkyl halides is 2. The number of rotatable bonds is 5. The Hall–Kier alpha value is 0.730. The van der Waals surface area contributed by atoms with E-state index in [-0.39, 0.29) is 5.60 Å². The Kier molecular flexibility index (Phi) is 3.66. The van der Waals surface area contributed by atoms with E-state index in [4.69, 9.17) is 16.3 Å². The second-order valence-corrected chi connectivity index (χ2v) is 4.30. The molecule has 0 radical (unpaired) electrons. The molecule has 0 aromatic heterocycles. The highest BCUT2D eigenvalue weighted by Crippen LogP contribution is 2.31. The van der Waals surface area contributed by atoms with Gasteiger partial charge in [0.25, 0.3) is 0 Å². The molecule has 0 aliphatic heterocycles. The van der Waals surface area contributed by atoms with Crippen molar-refractivity contribution in [3.05, 3.63) is 0 Å². The van der Waals surface area contributed by atoms with E-state index in [1.807, 2.05) is 6.92 Å². The summed E-state index contributed by atoms with van der Waals surface area (Å²) in [6.45, 7) is 2.92. The highest BCUT2D eigenvalue weighted by molar-refractivity contribution is 9.09. The van der Waals surface area contributed by atoms with Crippen LogP contribution < -0.4 is 0 Å². The zero-order valence-electron chi connectivity index (χ0n) is 6.78. The van der Waals surface area contributed by atoms with Gasteiger partial charge in [-0.25, -0.2) is 0 Å². The highest BCUT2D eigenvalue weighted by Gasteiger charge is 2.28. The Morgan fingerprint density at radius 2 is 2.27 bits per heavy atom. The van der Waals surface area contributed by atoms with E-state index < -0.39 is 0 Å². The molecule has 66 valence electrons. The third-order valence-electron chi connectivity index (χ3n) is 1.93. The summed E-state index contributed by atoms with van der Waals surface area (Å²) in [5.74, 6) is 1.38. The molecule has 0 saturated heterocycles.